The van der Waals surface area contributed by atoms with Crippen LogP contribution in [0.25, 0.3) is 5.76 Å². The van der Waals surface area contributed by atoms with Gasteiger partial charge in [0.05, 0.1) is 31.5 Å². The first-order valence-electron chi connectivity index (χ1n) is 10.3. The first-order chi connectivity index (χ1) is 16.3. The molecule has 0 saturated carbocycles. The maximum Gasteiger partial charge on any atom is 0.350 e. The number of carbonyl (C=O) groups excluding carboxylic acids is 3. The third-order valence-corrected chi connectivity index (χ3v) is 6.73. The molecule has 0 bridgehead atoms. The molecule has 8 nitrogen and oxygen atoms in total. The van der Waals surface area contributed by atoms with E-state index >= 15 is 0 Å². The van der Waals surface area contributed by atoms with Gasteiger partial charge in [-0.2, -0.15) is 0 Å². The zero-order valence-corrected chi connectivity index (χ0v) is 19.8. The lowest BCUT2D eigenvalue weighted by Crippen LogP contribution is -2.29. The highest BCUT2D eigenvalue weighted by Crippen LogP contribution is 2.44. The van der Waals surface area contributed by atoms with Crippen LogP contribution in [-0.2, 0) is 14.3 Å². The van der Waals surface area contributed by atoms with Crippen LogP contribution in [0.5, 0.6) is 5.75 Å². The van der Waals surface area contributed by atoms with Gasteiger partial charge < -0.3 is 14.6 Å². The maximum absolute atomic E-state index is 13.2. The third-order valence-electron chi connectivity index (χ3n) is 5.59. The van der Waals surface area contributed by atoms with Gasteiger partial charge >= 0.3 is 11.9 Å². The molecule has 1 amide bonds. The van der Waals surface area contributed by atoms with E-state index in [4.69, 9.17) is 9.47 Å². The second-order valence-corrected chi connectivity index (χ2v) is 8.64. The fourth-order valence-electron chi connectivity index (χ4n) is 3.93. The molecule has 34 heavy (non-hydrogen) atoms. The fourth-order valence-corrected chi connectivity index (χ4v) is 4.94. The zero-order chi connectivity index (χ0) is 24.6. The number of hydrogen-bond donors (Lipinski definition) is 1. The summed E-state index contributed by atoms with van der Waals surface area (Å²) in [5.41, 5.74) is 2.07. The average molecular weight is 479 g/mol. The molecular weight excluding hydrogens is 456 g/mol. The van der Waals surface area contributed by atoms with Gasteiger partial charge in [-0.25, -0.2) is 9.78 Å². The average Bonchev–Trinajstić information content (AvgIpc) is 3.35. The number of benzene rings is 2. The van der Waals surface area contributed by atoms with Crippen molar-refractivity contribution in [2.45, 2.75) is 19.9 Å². The number of aryl methyl sites for hydroxylation is 2. The number of carbonyl (C=O) groups is 3. The lowest BCUT2D eigenvalue weighted by Gasteiger charge is -2.23. The highest BCUT2D eigenvalue weighted by atomic mass is 32.1. The number of nitrogens with zero attached hydrogens (tertiary/aromatic N) is 2. The molecule has 1 N–H and O–H groups in total. The molecule has 0 radical (unpaired) electrons. The number of thiazole rings is 1. The normalized spacial score (nSPS) is 17.2. The van der Waals surface area contributed by atoms with Gasteiger partial charge in [-0.15, -0.1) is 0 Å². The standard InChI is InChI=1S/C25H22N2O6S/c1-13-12-16(10-11-17(13)32-3)20(28)18-19(15-8-6-5-7-9-15)27(23(30)21(18)29)25-26-14(2)22(34-25)24(31)33-4/h5-12,19,28H,1-4H3. The molecule has 2 aromatic carbocycles. The predicted molar refractivity (Wildman–Crippen MR) is 127 cm³/mol. The van der Waals surface area contributed by atoms with Crippen molar-refractivity contribution in [3.8, 4) is 5.75 Å². The van der Waals surface area contributed by atoms with Gasteiger partial charge in [0, 0.05) is 5.56 Å². The summed E-state index contributed by atoms with van der Waals surface area (Å²) in [4.78, 5) is 44.4. The van der Waals surface area contributed by atoms with Gasteiger partial charge in [0.25, 0.3) is 5.78 Å². The molecule has 2 heterocycles. The quantitative estimate of drug-likeness (QED) is 0.254. The zero-order valence-electron chi connectivity index (χ0n) is 19.0. The van der Waals surface area contributed by atoms with E-state index in [1.807, 2.05) is 13.0 Å². The van der Waals surface area contributed by atoms with Crippen LogP contribution >= 0.6 is 11.3 Å². The summed E-state index contributed by atoms with van der Waals surface area (Å²) in [5, 5.41) is 11.4. The van der Waals surface area contributed by atoms with Crippen molar-refractivity contribution in [3.63, 3.8) is 0 Å². The Morgan fingerprint density at radius 2 is 1.79 bits per heavy atom. The minimum atomic E-state index is -0.931. The Morgan fingerprint density at radius 3 is 2.41 bits per heavy atom. The van der Waals surface area contributed by atoms with Gasteiger partial charge in [-0.1, -0.05) is 41.7 Å². The molecular formula is C25H22N2O6S. The number of aliphatic hydroxyl groups is 1. The van der Waals surface area contributed by atoms with Gasteiger partial charge in [-0.05, 0) is 43.2 Å². The first kappa shape index (κ1) is 23.2. The number of amides is 1. The number of aliphatic hydroxyl groups excluding tert-OH is 1. The Balaban J connectivity index is 1.92. The van der Waals surface area contributed by atoms with E-state index in [0.29, 0.717) is 22.6 Å². The lowest BCUT2D eigenvalue weighted by molar-refractivity contribution is -0.132. The number of rotatable bonds is 5. The van der Waals surface area contributed by atoms with E-state index in [0.717, 1.165) is 16.9 Å². The Labute approximate surface area is 200 Å². The lowest BCUT2D eigenvalue weighted by atomic mass is 9.95. The van der Waals surface area contributed by atoms with Crippen molar-refractivity contribution in [3.05, 3.63) is 81.4 Å². The summed E-state index contributed by atoms with van der Waals surface area (Å²) in [6, 6.07) is 13.0. The summed E-state index contributed by atoms with van der Waals surface area (Å²) in [5.74, 6) is -1.94. The van der Waals surface area contributed by atoms with Crippen molar-refractivity contribution in [1.29, 1.82) is 0 Å². The van der Waals surface area contributed by atoms with Crippen LogP contribution < -0.4 is 9.64 Å². The molecule has 0 aliphatic carbocycles. The molecule has 1 aliphatic rings. The summed E-state index contributed by atoms with van der Waals surface area (Å²) >= 11 is 0.957. The van der Waals surface area contributed by atoms with Crippen LogP contribution in [0, 0.1) is 13.8 Å². The summed E-state index contributed by atoms with van der Waals surface area (Å²) < 4.78 is 10.1. The predicted octanol–water partition coefficient (Wildman–Crippen LogP) is 4.18. The Kier molecular flexibility index (Phi) is 6.21. The molecule has 1 unspecified atom stereocenters. The van der Waals surface area contributed by atoms with Crippen molar-refractivity contribution >= 4 is 39.9 Å². The molecule has 4 rings (SSSR count). The highest BCUT2D eigenvalue weighted by molar-refractivity contribution is 7.17. The first-order valence-corrected chi connectivity index (χ1v) is 11.2. The largest absolute Gasteiger partial charge is 0.507 e. The Bertz CT molecular complexity index is 1330. The number of hydrogen-bond acceptors (Lipinski definition) is 8. The van der Waals surface area contributed by atoms with Crippen LogP contribution in [0.1, 0.15) is 38.1 Å². The van der Waals surface area contributed by atoms with Crippen molar-refractivity contribution < 1.29 is 29.0 Å². The third kappa shape index (κ3) is 3.84. The molecule has 1 saturated heterocycles. The van der Waals surface area contributed by atoms with Crippen molar-refractivity contribution in [1.82, 2.24) is 4.98 Å². The molecule has 174 valence electrons. The Morgan fingerprint density at radius 1 is 1.09 bits per heavy atom. The molecule has 1 aromatic heterocycles. The second-order valence-electron chi connectivity index (χ2n) is 7.67. The van der Waals surface area contributed by atoms with Crippen molar-refractivity contribution in [2.24, 2.45) is 0 Å². The van der Waals surface area contributed by atoms with Crippen LogP contribution in [0.3, 0.4) is 0 Å². The van der Waals surface area contributed by atoms with E-state index in [1.54, 1.807) is 56.5 Å². The molecule has 0 spiro atoms. The summed E-state index contributed by atoms with van der Waals surface area (Å²) in [6.07, 6.45) is 0. The molecule has 3 aromatic rings. The van der Waals surface area contributed by atoms with E-state index in [2.05, 4.69) is 4.98 Å². The number of anilines is 1. The van der Waals surface area contributed by atoms with E-state index in [9.17, 15) is 19.5 Å². The highest BCUT2D eigenvalue weighted by Gasteiger charge is 2.48. The van der Waals surface area contributed by atoms with Crippen LogP contribution in [0.2, 0.25) is 0 Å². The maximum atomic E-state index is 13.2. The van der Waals surface area contributed by atoms with Gasteiger partial charge in [0.15, 0.2) is 5.13 Å². The minimum Gasteiger partial charge on any atom is -0.507 e. The van der Waals surface area contributed by atoms with Crippen LogP contribution in [-0.4, -0.2) is 42.0 Å². The van der Waals surface area contributed by atoms with Gasteiger partial charge in [-0.3, -0.25) is 14.5 Å². The number of aromatic nitrogens is 1. The van der Waals surface area contributed by atoms with Gasteiger partial charge in [0.1, 0.15) is 16.4 Å². The Hall–Kier alpha value is -3.98. The number of ketones is 1. The number of Topliss-reactive ketones (excluding diaryl/α,β-unsaturated/α-hetero) is 1. The summed E-state index contributed by atoms with van der Waals surface area (Å²) in [6.45, 7) is 3.44. The summed E-state index contributed by atoms with van der Waals surface area (Å²) in [7, 11) is 2.80. The number of ether oxygens (including phenoxy) is 2. The minimum absolute atomic E-state index is 0.0618. The fraction of sp³-hybridized carbons (Fsp3) is 0.200. The van der Waals surface area contributed by atoms with E-state index < -0.39 is 23.7 Å². The smallest absolute Gasteiger partial charge is 0.350 e. The van der Waals surface area contributed by atoms with E-state index in [-0.39, 0.29) is 21.3 Å². The van der Waals surface area contributed by atoms with Crippen LogP contribution in [0.4, 0.5) is 5.13 Å². The number of methoxy groups -OCH3 is 2. The molecule has 1 atom stereocenters. The van der Waals surface area contributed by atoms with Crippen LogP contribution in [0.15, 0.2) is 54.1 Å². The topological polar surface area (TPSA) is 106 Å². The molecule has 1 fully saturated rings. The monoisotopic (exact) mass is 478 g/mol. The number of esters is 1. The van der Waals surface area contributed by atoms with Gasteiger partial charge in [0.2, 0.25) is 0 Å². The molecule has 1 aliphatic heterocycles. The van der Waals surface area contributed by atoms with Crippen molar-refractivity contribution in [2.75, 3.05) is 19.1 Å². The SMILES string of the molecule is COC(=O)c1sc(N2C(=O)C(=O)C(=C(O)c3ccc(OC)c(C)c3)C2c2ccccc2)nc1C. The van der Waals surface area contributed by atoms with E-state index in [1.165, 1.54) is 12.0 Å². The second kappa shape index (κ2) is 9.11. The molecule has 9 heteroatoms.